The molecule has 0 saturated carbocycles. The van der Waals surface area contributed by atoms with E-state index in [1.807, 2.05) is 54.6 Å². The number of benzene rings is 2. The minimum atomic E-state index is -0.285. The van der Waals surface area contributed by atoms with Crippen molar-refractivity contribution >= 4 is 23.2 Å². The van der Waals surface area contributed by atoms with Gasteiger partial charge in [0.05, 0.1) is 5.56 Å². The first kappa shape index (κ1) is 18.4. The molecule has 4 aromatic rings. The Kier molecular flexibility index (Phi) is 5.33. The lowest BCUT2D eigenvalue weighted by molar-refractivity contribution is 0.102. The molecule has 0 aliphatic heterocycles. The van der Waals surface area contributed by atoms with Crippen molar-refractivity contribution in [1.29, 1.82) is 0 Å². The van der Waals surface area contributed by atoms with Crippen LogP contribution in [0.25, 0.3) is 0 Å². The minimum Gasteiger partial charge on any atom is -0.360 e. The maximum atomic E-state index is 12.4. The largest absolute Gasteiger partial charge is 0.360 e. The van der Waals surface area contributed by atoms with E-state index in [1.165, 1.54) is 5.56 Å². The second kappa shape index (κ2) is 8.39. The summed E-state index contributed by atoms with van der Waals surface area (Å²) in [6.45, 7) is 2.44. The third-order valence-electron chi connectivity index (χ3n) is 4.41. The van der Waals surface area contributed by atoms with E-state index in [4.69, 9.17) is 4.52 Å². The molecule has 2 aromatic carbocycles. The first-order chi connectivity index (χ1) is 14.2. The monoisotopic (exact) mass is 384 g/mol. The van der Waals surface area contributed by atoms with Crippen molar-refractivity contribution in [2.45, 2.75) is 13.5 Å². The molecule has 6 nitrogen and oxygen atoms in total. The standard InChI is InChI=1S/C23H20N4O2/c1-17-14-21(26-29-17)25-23(28)19-12-13-22(24-15-19)27(20-10-6-3-7-11-20)16-18-8-4-2-5-9-18/h2-15H,16H2,1H3,(H,25,26,28). The summed E-state index contributed by atoms with van der Waals surface area (Å²) in [4.78, 5) is 19.1. The number of anilines is 3. The average molecular weight is 384 g/mol. The predicted octanol–water partition coefficient (Wildman–Crippen LogP) is 4.97. The van der Waals surface area contributed by atoms with E-state index < -0.39 is 0 Å². The second-order valence-corrected chi connectivity index (χ2v) is 6.59. The molecule has 0 bridgehead atoms. The highest BCUT2D eigenvalue weighted by Crippen LogP contribution is 2.26. The zero-order valence-corrected chi connectivity index (χ0v) is 15.9. The zero-order valence-electron chi connectivity index (χ0n) is 15.9. The van der Waals surface area contributed by atoms with Gasteiger partial charge < -0.3 is 14.7 Å². The molecule has 0 aliphatic rings. The first-order valence-electron chi connectivity index (χ1n) is 9.26. The molecule has 144 valence electrons. The van der Waals surface area contributed by atoms with E-state index in [0.29, 0.717) is 23.7 Å². The second-order valence-electron chi connectivity index (χ2n) is 6.59. The van der Waals surface area contributed by atoms with Crippen LogP contribution in [0.5, 0.6) is 0 Å². The van der Waals surface area contributed by atoms with Crippen LogP contribution in [0, 0.1) is 6.92 Å². The molecule has 6 heteroatoms. The molecule has 2 aromatic heterocycles. The van der Waals surface area contributed by atoms with E-state index in [1.54, 1.807) is 25.3 Å². The summed E-state index contributed by atoms with van der Waals surface area (Å²) < 4.78 is 4.97. The number of hydrogen-bond donors (Lipinski definition) is 1. The Morgan fingerprint density at radius 1 is 1.00 bits per heavy atom. The summed E-state index contributed by atoms with van der Waals surface area (Å²) >= 11 is 0. The zero-order chi connectivity index (χ0) is 20.1. The van der Waals surface area contributed by atoms with Crippen molar-refractivity contribution in [3.63, 3.8) is 0 Å². The maximum Gasteiger partial charge on any atom is 0.258 e. The summed E-state index contributed by atoms with van der Waals surface area (Å²) in [6, 6.07) is 25.5. The third-order valence-corrected chi connectivity index (χ3v) is 4.41. The van der Waals surface area contributed by atoms with Crippen LogP contribution in [0.3, 0.4) is 0 Å². The highest BCUT2D eigenvalue weighted by atomic mass is 16.5. The number of aryl methyl sites for hydroxylation is 1. The van der Waals surface area contributed by atoms with Gasteiger partial charge in [-0.2, -0.15) is 0 Å². The molecule has 0 radical (unpaired) electrons. The molecule has 0 aliphatic carbocycles. The Morgan fingerprint density at radius 2 is 1.72 bits per heavy atom. The summed E-state index contributed by atoms with van der Waals surface area (Å²) in [7, 11) is 0. The van der Waals surface area contributed by atoms with Crippen LogP contribution in [0.15, 0.2) is 89.6 Å². The van der Waals surface area contributed by atoms with Gasteiger partial charge in [-0.05, 0) is 36.8 Å². The average Bonchev–Trinajstić information content (AvgIpc) is 3.18. The first-order valence-corrected chi connectivity index (χ1v) is 9.26. The molecule has 0 saturated heterocycles. The molecule has 1 amide bonds. The number of aromatic nitrogens is 2. The molecule has 0 fully saturated rings. The number of nitrogens with zero attached hydrogens (tertiary/aromatic N) is 3. The van der Waals surface area contributed by atoms with Gasteiger partial charge in [-0.1, -0.05) is 53.7 Å². The molecule has 29 heavy (non-hydrogen) atoms. The van der Waals surface area contributed by atoms with Crippen LogP contribution in [-0.4, -0.2) is 16.0 Å². The molecule has 0 atom stereocenters. The molecular weight excluding hydrogens is 364 g/mol. The summed E-state index contributed by atoms with van der Waals surface area (Å²) in [5, 5.41) is 6.48. The Morgan fingerprint density at radius 3 is 2.34 bits per heavy atom. The molecule has 2 heterocycles. The molecule has 0 unspecified atom stereocenters. The fraction of sp³-hybridized carbons (Fsp3) is 0.0870. The predicted molar refractivity (Wildman–Crippen MR) is 112 cm³/mol. The van der Waals surface area contributed by atoms with Crippen molar-refractivity contribution in [1.82, 2.24) is 10.1 Å². The van der Waals surface area contributed by atoms with Gasteiger partial charge in [0.25, 0.3) is 5.91 Å². The minimum absolute atomic E-state index is 0.285. The topological polar surface area (TPSA) is 71.3 Å². The maximum absolute atomic E-state index is 12.4. The Labute approximate surface area is 168 Å². The number of rotatable bonds is 6. The summed E-state index contributed by atoms with van der Waals surface area (Å²) in [6.07, 6.45) is 1.57. The van der Waals surface area contributed by atoms with Gasteiger partial charge in [-0.3, -0.25) is 4.79 Å². The fourth-order valence-corrected chi connectivity index (χ4v) is 2.97. The lowest BCUT2D eigenvalue weighted by atomic mass is 10.2. The molecule has 1 N–H and O–H groups in total. The van der Waals surface area contributed by atoms with Gasteiger partial charge in [0.2, 0.25) is 0 Å². The van der Waals surface area contributed by atoms with Crippen molar-refractivity contribution in [3.8, 4) is 0 Å². The number of carbonyl (C=O) groups is 1. The highest BCUT2D eigenvalue weighted by Gasteiger charge is 2.14. The number of pyridine rings is 1. The van der Waals surface area contributed by atoms with Crippen LogP contribution in [0.1, 0.15) is 21.7 Å². The molecule has 4 rings (SSSR count). The van der Waals surface area contributed by atoms with Crippen LogP contribution in [0.4, 0.5) is 17.3 Å². The normalized spacial score (nSPS) is 10.5. The number of hydrogen-bond acceptors (Lipinski definition) is 5. The van der Waals surface area contributed by atoms with Crippen molar-refractivity contribution in [3.05, 3.63) is 102 Å². The number of nitrogens with one attached hydrogen (secondary N) is 1. The van der Waals surface area contributed by atoms with E-state index >= 15 is 0 Å². The van der Waals surface area contributed by atoms with Gasteiger partial charge >= 0.3 is 0 Å². The van der Waals surface area contributed by atoms with Crippen LogP contribution >= 0.6 is 0 Å². The number of para-hydroxylation sites is 1. The SMILES string of the molecule is Cc1cc(NC(=O)c2ccc(N(Cc3ccccc3)c3ccccc3)nc2)no1. The molecule has 0 spiro atoms. The third kappa shape index (κ3) is 4.50. The quantitative estimate of drug-likeness (QED) is 0.508. The Bertz CT molecular complexity index is 1080. The van der Waals surface area contributed by atoms with Crippen LogP contribution < -0.4 is 10.2 Å². The smallest absolute Gasteiger partial charge is 0.258 e. The Balaban J connectivity index is 1.57. The van der Waals surface area contributed by atoms with E-state index in [9.17, 15) is 4.79 Å². The van der Waals surface area contributed by atoms with Gasteiger partial charge in [0.15, 0.2) is 5.82 Å². The lowest BCUT2D eigenvalue weighted by Crippen LogP contribution is -2.18. The van der Waals surface area contributed by atoms with E-state index in [0.717, 1.165) is 11.5 Å². The van der Waals surface area contributed by atoms with Crippen LogP contribution in [-0.2, 0) is 6.54 Å². The molecular formula is C23H20N4O2. The lowest BCUT2D eigenvalue weighted by Gasteiger charge is -2.24. The fourth-order valence-electron chi connectivity index (χ4n) is 2.97. The van der Waals surface area contributed by atoms with Gasteiger partial charge in [-0.15, -0.1) is 0 Å². The highest BCUT2D eigenvalue weighted by molar-refractivity contribution is 6.03. The van der Waals surface area contributed by atoms with E-state index in [2.05, 4.69) is 32.5 Å². The van der Waals surface area contributed by atoms with Gasteiger partial charge in [0.1, 0.15) is 11.6 Å². The van der Waals surface area contributed by atoms with Crippen molar-refractivity contribution in [2.75, 3.05) is 10.2 Å². The number of amides is 1. The number of carbonyl (C=O) groups excluding carboxylic acids is 1. The Hall–Kier alpha value is -3.93. The summed E-state index contributed by atoms with van der Waals surface area (Å²) in [5.41, 5.74) is 2.64. The van der Waals surface area contributed by atoms with Gasteiger partial charge in [-0.25, -0.2) is 4.98 Å². The van der Waals surface area contributed by atoms with Gasteiger partial charge in [0, 0.05) is 24.5 Å². The van der Waals surface area contributed by atoms with Crippen molar-refractivity contribution < 1.29 is 9.32 Å². The van der Waals surface area contributed by atoms with Crippen LogP contribution in [0.2, 0.25) is 0 Å². The van der Waals surface area contributed by atoms with E-state index in [-0.39, 0.29) is 5.91 Å². The van der Waals surface area contributed by atoms with Crippen molar-refractivity contribution in [2.24, 2.45) is 0 Å². The summed E-state index contributed by atoms with van der Waals surface area (Å²) in [5.74, 6) is 1.49.